The minimum absolute atomic E-state index is 0. The molecule has 0 bridgehead atoms. The number of hydrogen-bond donors (Lipinski definition) is 1. The van der Waals surface area contributed by atoms with Crippen molar-refractivity contribution in [3.63, 3.8) is 0 Å². The molecule has 1 amide bonds. The molecule has 1 aliphatic heterocycles. The highest BCUT2D eigenvalue weighted by molar-refractivity contribution is 7.22. The summed E-state index contributed by atoms with van der Waals surface area (Å²) in [5.74, 6) is 0.543. The summed E-state index contributed by atoms with van der Waals surface area (Å²) in [6.45, 7) is 6.41. The van der Waals surface area contributed by atoms with Crippen molar-refractivity contribution in [2.24, 2.45) is 0 Å². The van der Waals surface area contributed by atoms with Crippen LogP contribution in [0.3, 0.4) is 0 Å². The molecule has 1 fully saturated rings. The molecule has 1 saturated heterocycles. The Morgan fingerprint density at radius 2 is 1.98 bits per heavy atom. The third-order valence-corrected chi connectivity index (χ3v) is 7.60. The van der Waals surface area contributed by atoms with Crippen molar-refractivity contribution in [2.45, 2.75) is 52.0 Å². The van der Waals surface area contributed by atoms with Gasteiger partial charge < -0.3 is 15.0 Å². The summed E-state index contributed by atoms with van der Waals surface area (Å²) in [6, 6.07) is 9.52. The van der Waals surface area contributed by atoms with Crippen molar-refractivity contribution in [1.29, 1.82) is 0 Å². The van der Waals surface area contributed by atoms with Gasteiger partial charge in [-0.3, -0.25) is 9.69 Å². The third kappa shape index (κ3) is 6.52. The minimum Gasteiger partial charge on any atom is -0.437 e. The summed E-state index contributed by atoms with van der Waals surface area (Å²) in [7, 11) is 1.77. The van der Waals surface area contributed by atoms with E-state index in [4.69, 9.17) is 4.74 Å². The fraction of sp³-hybridized carbons (Fsp3) is 0.370. The number of anilines is 2. The smallest absolute Gasteiger partial charge is 0.433 e. The maximum Gasteiger partial charge on any atom is 0.433 e. The number of nitrogens with zero attached hydrogens (tertiary/aromatic N) is 6. The summed E-state index contributed by atoms with van der Waals surface area (Å²) >= 11 is 1.31. The number of hydrogen-bond acceptors (Lipinski definition) is 9. The highest BCUT2D eigenvalue weighted by atomic mass is 35.5. The van der Waals surface area contributed by atoms with Crippen LogP contribution in [0.15, 0.2) is 42.7 Å². The number of carbonyl (C=O) groups excluding carboxylic acids is 1. The second-order valence-electron chi connectivity index (χ2n) is 9.78. The van der Waals surface area contributed by atoms with Crippen LogP contribution in [-0.2, 0) is 11.0 Å². The lowest BCUT2D eigenvalue weighted by atomic mass is 10.1. The van der Waals surface area contributed by atoms with Crippen LogP contribution in [0, 0.1) is 0 Å². The SMILES string of the molecule is CC(=O)Nc1nc2c(Oc3cc(-c4ccc(C(F)(F)F)nc4N(C)[C@@H]4CCCN4C(C)C)ncn3)cccc2s1.Cl. The van der Waals surface area contributed by atoms with Crippen LogP contribution < -0.4 is 15.0 Å². The molecule has 1 aromatic carbocycles. The van der Waals surface area contributed by atoms with Crippen molar-refractivity contribution in [1.82, 2.24) is 24.8 Å². The molecular weight excluding hydrogens is 579 g/mol. The molecule has 0 radical (unpaired) electrons. The first-order chi connectivity index (χ1) is 19.0. The largest absolute Gasteiger partial charge is 0.437 e. The molecule has 5 rings (SSSR count). The van der Waals surface area contributed by atoms with Gasteiger partial charge in [-0.15, -0.1) is 12.4 Å². The molecule has 4 heterocycles. The second kappa shape index (κ2) is 12.1. The van der Waals surface area contributed by atoms with Crippen LogP contribution in [-0.4, -0.2) is 56.5 Å². The number of thiazole rings is 1. The monoisotopic (exact) mass is 607 g/mol. The van der Waals surface area contributed by atoms with E-state index in [2.05, 4.69) is 44.0 Å². The number of aromatic nitrogens is 4. The molecule has 14 heteroatoms. The van der Waals surface area contributed by atoms with Crippen molar-refractivity contribution in [3.8, 4) is 22.9 Å². The highest BCUT2D eigenvalue weighted by Crippen LogP contribution is 2.38. The van der Waals surface area contributed by atoms with Crippen LogP contribution in [0.2, 0.25) is 0 Å². The Morgan fingerprint density at radius 3 is 2.68 bits per heavy atom. The van der Waals surface area contributed by atoms with Gasteiger partial charge in [-0.05, 0) is 51.0 Å². The number of para-hydroxylation sites is 1. The summed E-state index contributed by atoms with van der Waals surface area (Å²) in [5.41, 5.74) is 0.371. The number of alkyl halides is 3. The number of ether oxygens (including phenoxy) is 1. The maximum atomic E-state index is 13.7. The predicted octanol–water partition coefficient (Wildman–Crippen LogP) is 6.61. The lowest BCUT2D eigenvalue weighted by Gasteiger charge is -2.36. The summed E-state index contributed by atoms with van der Waals surface area (Å²) in [6.07, 6.45) is -1.65. The topological polar surface area (TPSA) is 96.4 Å². The molecule has 3 aromatic heterocycles. The lowest BCUT2D eigenvalue weighted by Crippen LogP contribution is -2.46. The Bertz CT molecular complexity index is 1550. The van der Waals surface area contributed by atoms with Crippen molar-refractivity contribution < 1.29 is 22.7 Å². The number of likely N-dealkylation sites (tertiary alicyclic amines) is 1. The molecule has 1 aliphatic rings. The zero-order valence-corrected chi connectivity index (χ0v) is 24.4. The number of benzene rings is 1. The summed E-state index contributed by atoms with van der Waals surface area (Å²) in [4.78, 5) is 32.6. The highest BCUT2D eigenvalue weighted by Gasteiger charge is 2.36. The van der Waals surface area contributed by atoms with Gasteiger partial charge in [-0.1, -0.05) is 17.4 Å². The van der Waals surface area contributed by atoms with E-state index in [1.54, 1.807) is 30.1 Å². The summed E-state index contributed by atoms with van der Waals surface area (Å²) in [5, 5.41) is 3.11. The number of amides is 1. The van der Waals surface area contributed by atoms with Gasteiger partial charge in [0, 0.05) is 38.2 Å². The molecule has 0 unspecified atom stereocenters. The van der Waals surface area contributed by atoms with Gasteiger partial charge >= 0.3 is 6.18 Å². The van der Waals surface area contributed by atoms with Crippen LogP contribution in [0.5, 0.6) is 11.6 Å². The number of pyridine rings is 1. The molecule has 4 aromatic rings. The number of nitrogens with one attached hydrogen (secondary N) is 1. The maximum absolute atomic E-state index is 13.7. The normalized spacial score (nSPS) is 15.7. The fourth-order valence-corrected chi connectivity index (χ4v) is 5.80. The Balaban J connectivity index is 0.00000387. The zero-order valence-electron chi connectivity index (χ0n) is 22.8. The van der Waals surface area contributed by atoms with Gasteiger partial charge in [0.1, 0.15) is 23.4 Å². The Kier molecular flexibility index (Phi) is 9.00. The predicted molar refractivity (Wildman–Crippen MR) is 155 cm³/mol. The van der Waals surface area contributed by atoms with E-state index < -0.39 is 11.9 Å². The molecule has 9 nitrogen and oxygen atoms in total. The van der Waals surface area contributed by atoms with Crippen LogP contribution in [0.1, 0.15) is 39.3 Å². The standard InChI is InChI=1S/C27H28F3N7O2S.ClH/c1-15(2)37-12-6-9-23(37)36(4)25-17(10-11-21(34-25)27(28,29)30)18-13-22(32-14-31-18)39-19-7-5-8-20-24(19)35-26(40-20)33-16(3)38;/h5,7-8,10-11,13-15,23H,6,9,12H2,1-4H3,(H,33,35,38);1H/t23-;/m0./s1. The van der Waals surface area contributed by atoms with E-state index in [1.807, 2.05) is 6.07 Å². The van der Waals surface area contributed by atoms with Crippen molar-refractivity contribution in [3.05, 3.63) is 48.4 Å². The van der Waals surface area contributed by atoms with Gasteiger partial charge in [0.25, 0.3) is 0 Å². The number of fused-ring (bicyclic) bond motifs is 1. The fourth-order valence-electron chi connectivity index (χ4n) is 4.87. The van der Waals surface area contributed by atoms with Crippen molar-refractivity contribution in [2.75, 3.05) is 23.8 Å². The van der Waals surface area contributed by atoms with Gasteiger partial charge in [0.15, 0.2) is 10.9 Å². The van der Waals surface area contributed by atoms with Gasteiger partial charge in [-0.2, -0.15) is 13.2 Å². The molecule has 1 atom stereocenters. The van der Waals surface area contributed by atoms with E-state index in [-0.39, 0.29) is 42.2 Å². The van der Waals surface area contributed by atoms with Gasteiger partial charge in [-0.25, -0.2) is 19.9 Å². The molecule has 218 valence electrons. The van der Waals surface area contributed by atoms with E-state index >= 15 is 0 Å². The summed E-state index contributed by atoms with van der Waals surface area (Å²) < 4.78 is 47.9. The van der Waals surface area contributed by atoms with E-state index in [1.165, 1.54) is 30.7 Å². The number of carbonyl (C=O) groups is 1. The Morgan fingerprint density at radius 1 is 1.20 bits per heavy atom. The first kappa shape index (κ1) is 30.4. The molecule has 41 heavy (non-hydrogen) atoms. The van der Waals surface area contributed by atoms with Crippen LogP contribution in [0.25, 0.3) is 21.5 Å². The Hall–Kier alpha value is -3.55. The van der Waals surface area contributed by atoms with Gasteiger partial charge in [0.2, 0.25) is 11.8 Å². The second-order valence-corrected chi connectivity index (χ2v) is 10.8. The quantitative estimate of drug-likeness (QED) is 0.251. The van der Waals surface area contributed by atoms with E-state index in [9.17, 15) is 18.0 Å². The zero-order chi connectivity index (χ0) is 28.6. The van der Waals surface area contributed by atoms with Crippen molar-refractivity contribution >= 4 is 50.8 Å². The molecular formula is C27H29ClF3N7O2S. The molecule has 0 saturated carbocycles. The van der Waals surface area contributed by atoms with E-state index in [0.717, 1.165) is 30.2 Å². The third-order valence-electron chi connectivity index (χ3n) is 6.67. The average Bonchev–Trinajstić information content (AvgIpc) is 3.55. The molecule has 1 N–H and O–H groups in total. The van der Waals surface area contributed by atoms with Crippen LogP contribution in [0.4, 0.5) is 24.1 Å². The number of rotatable bonds is 7. The Labute approximate surface area is 245 Å². The van der Waals surface area contributed by atoms with Gasteiger partial charge in [0.05, 0.1) is 16.6 Å². The lowest BCUT2D eigenvalue weighted by molar-refractivity contribution is -0.141. The molecule has 0 aliphatic carbocycles. The molecule has 0 spiro atoms. The average molecular weight is 608 g/mol. The van der Waals surface area contributed by atoms with Crippen LogP contribution >= 0.6 is 23.7 Å². The minimum atomic E-state index is -4.59. The number of halogens is 4. The first-order valence-corrected chi connectivity index (χ1v) is 13.6. The van der Waals surface area contributed by atoms with E-state index in [0.29, 0.717) is 27.7 Å². The first-order valence-electron chi connectivity index (χ1n) is 12.8.